The van der Waals surface area contributed by atoms with Gasteiger partial charge in [0.2, 0.25) is 0 Å². The number of carbonyl (C=O) groups excluding carboxylic acids is 1. The molecule has 2 aromatic rings. The van der Waals surface area contributed by atoms with E-state index >= 15 is 0 Å². The lowest BCUT2D eigenvalue weighted by atomic mass is 9.98. The standard InChI is InChI=1S/C25H29F6N3O8/c1-25(2,3)24(35)40-15-34-13-16(32-33-34)14-38-7-6-36-4-5-37-8-9-39-17-10-18(41-22(30)20(26)27)12-19(11-17)42-23(31)21(28)29/h10-13H,4-9,14-15H2,1-3H3. The van der Waals surface area contributed by atoms with E-state index in [0.29, 0.717) is 11.8 Å². The molecule has 0 aliphatic heterocycles. The number of ether oxygens (including phenoxy) is 7. The zero-order chi connectivity index (χ0) is 31.1. The van der Waals surface area contributed by atoms with Crippen molar-refractivity contribution in [2.24, 2.45) is 5.41 Å². The van der Waals surface area contributed by atoms with Crippen molar-refractivity contribution in [2.75, 3.05) is 39.6 Å². The molecule has 0 saturated carbocycles. The minimum atomic E-state index is -2.77. The van der Waals surface area contributed by atoms with Crippen LogP contribution in [0.5, 0.6) is 17.2 Å². The second-order valence-corrected chi connectivity index (χ2v) is 9.10. The molecule has 1 heterocycles. The molecule has 11 nitrogen and oxygen atoms in total. The first-order valence-corrected chi connectivity index (χ1v) is 12.2. The topological polar surface area (TPSA) is 112 Å². The maximum atomic E-state index is 13.1. The van der Waals surface area contributed by atoms with E-state index in [1.807, 2.05) is 0 Å². The molecule has 0 bridgehead atoms. The van der Waals surface area contributed by atoms with E-state index in [4.69, 9.17) is 23.7 Å². The zero-order valence-corrected chi connectivity index (χ0v) is 22.8. The van der Waals surface area contributed by atoms with E-state index in [2.05, 4.69) is 19.8 Å². The van der Waals surface area contributed by atoms with Gasteiger partial charge in [0.05, 0.1) is 51.3 Å². The van der Waals surface area contributed by atoms with Crippen molar-refractivity contribution >= 4 is 5.97 Å². The van der Waals surface area contributed by atoms with Crippen LogP contribution in [0.1, 0.15) is 26.5 Å². The molecule has 0 aliphatic rings. The molecule has 0 radical (unpaired) electrons. The highest BCUT2D eigenvalue weighted by Crippen LogP contribution is 2.31. The molecule has 17 heteroatoms. The Bertz CT molecular complexity index is 1170. The summed E-state index contributed by atoms with van der Waals surface area (Å²) in [5.74, 6) is -1.80. The van der Waals surface area contributed by atoms with Gasteiger partial charge in [-0.05, 0) is 20.8 Å². The number of benzene rings is 1. The highest BCUT2D eigenvalue weighted by Gasteiger charge is 2.23. The van der Waals surface area contributed by atoms with Crippen LogP contribution < -0.4 is 14.2 Å². The summed E-state index contributed by atoms with van der Waals surface area (Å²) >= 11 is 0. The fourth-order valence-corrected chi connectivity index (χ4v) is 2.67. The van der Waals surface area contributed by atoms with Crippen molar-refractivity contribution in [1.82, 2.24) is 15.0 Å². The Balaban J connectivity index is 1.62. The van der Waals surface area contributed by atoms with Gasteiger partial charge < -0.3 is 33.2 Å². The summed E-state index contributed by atoms with van der Waals surface area (Å²) in [5, 5.41) is 7.76. The first kappa shape index (κ1) is 34.4. The van der Waals surface area contributed by atoms with E-state index in [0.717, 1.165) is 12.1 Å². The summed E-state index contributed by atoms with van der Waals surface area (Å²) in [6.45, 7) is 6.10. The van der Waals surface area contributed by atoms with Crippen LogP contribution in [0.25, 0.3) is 0 Å². The summed E-state index contributed by atoms with van der Waals surface area (Å²) in [6, 6.07) is -1.89. The molecular formula is C25H29F6N3O8. The number of hydrogen-bond acceptors (Lipinski definition) is 10. The first-order chi connectivity index (χ1) is 19.8. The summed E-state index contributed by atoms with van der Waals surface area (Å²) in [6.07, 6.45) is -3.95. The largest absolute Gasteiger partial charge is 0.491 e. The van der Waals surface area contributed by atoms with Gasteiger partial charge in [-0.15, -0.1) is 5.10 Å². The Morgan fingerprint density at radius 1 is 0.762 bits per heavy atom. The second kappa shape index (κ2) is 17.2. The Hall–Kier alpha value is -3.83. The van der Waals surface area contributed by atoms with E-state index in [9.17, 15) is 31.1 Å². The van der Waals surface area contributed by atoms with Gasteiger partial charge in [-0.2, -0.15) is 26.3 Å². The lowest BCUT2D eigenvalue weighted by Crippen LogP contribution is -2.24. The van der Waals surface area contributed by atoms with E-state index in [1.165, 1.54) is 4.68 Å². The summed E-state index contributed by atoms with van der Waals surface area (Å²) < 4.78 is 112. The summed E-state index contributed by atoms with van der Waals surface area (Å²) in [7, 11) is 0. The van der Waals surface area contributed by atoms with E-state index < -0.39 is 41.1 Å². The monoisotopic (exact) mass is 613 g/mol. The van der Waals surface area contributed by atoms with Crippen LogP contribution in [0.3, 0.4) is 0 Å². The summed E-state index contributed by atoms with van der Waals surface area (Å²) in [4.78, 5) is 11.8. The Morgan fingerprint density at radius 3 is 1.79 bits per heavy atom. The van der Waals surface area contributed by atoms with Crippen molar-refractivity contribution in [3.05, 3.63) is 54.3 Å². The fourth-order valence-electron chi connectivity index (χ4n) is 2.67. The molecule has 1 aromatic heterocycles. The quantitative estimate of drug-likeness (QED) is 0.0953. The molecule has 0 atom stereocenters. The molecule has 0 spiro atoms. The van der Waals surface area contributed by atoms with Crippen LogP contribution in [0, 0.1) is 5.41 Å². The van der Waals surface area contributed by atoms with Crippen molar-refractivity contribution in [3.63, 3.8) is 0 Å². The van der Waals surface area contributed by atoms with Gasteiger partial charge in [0.25, 0.3) is 0 Å². The third kappa shape index (κ3) is 13.2. The van der Waals surface area contributed by atoms with Crippen molar-refractivity contribution in [3.8, 4) is 17.2 Å². The molecule has 0 fully saturated rings. The molecule has 234 valence electrons. The van der Waals surface area contributed by atoms with Crippen molar-refractivity contribution in [1.29, 1.82) is 0 Å². The second-order valence-electron chi connectivity index (χ2n) is 9.10. The molecule has 0 N–H and O–H groups in total. The third-order valence-corrected chi connectivity index (χ3v) is 4.58. The van der Waals surface area contributed by atoms with Crippen LogP contribution in [0.15, 0.2) is 48.6 Å². The van der Waals surface area contributed by atoms with Gasteiger partial charge in [0.1, 0.15) is 29.5 Å². The van der Waals surface area contributed by atoms with Gasteiger partial charge in [0.15, 0.2) is 6.73 Å². The number of esters is 1. The average Bonchev–Trinajstić information content (AvgIpc) is 3.37. The fraction of sp³-hybridized carbons (Fsp3) is 0.480. The number of aromatic nitrogens is 3. The van der Waals surface area contributed by atoms with Crippen LogP contribution in [-0.2, 0) is 37.1 Å². The molecule has 2 rings (SSSR count). The van der Waals surface area contributed by atoms with Gasteiger partial charge in [0, 0.05) is 18.2 Å². The molecule has 1 aromatic carbocycles. The average molecular weight is 614 g/mol. The highest BCUT2D eigenvalue weighted by molar-refractivity contribution is 5.75. The number of hydrogen-bond donors (Lipinski definition) is 0. The number of rotatable bonds is 18. The van der Waals surface area contributed by atoms with E-state index in [1.54, 1.807) is 27.0 Å². The van der Waals surface area contributed by atoms with Crippen LogP contribution >= 0.6 is 0 Å². The van der Waals surface area contributed by atoms with Crippen LogP contribution in [-0.4, -0.2) is 60.6 Å². The number of carbonyl (C=O) groups is 1. The molecule has 0 unspecified atom stereocenters. The van der Waals surface area contributed by atoms with Gasteiger partial charge in [-0.1, -0.05) is 5.21 Å². The van der Waals surface area contributed by atoms with Crippen LogP contribution in [0.4, 0.5) is 26.3 Å². The number of nitrogens with zero attached hydrogens (tertiary/aromatic N) is 3. The van der Waals surface area contributed by atoms with Gasteiger partial charge in [-0.3, -0.25) is 4.79 Å². The van der Waals surface area contributed by atoms with Crippen molar-refractivity contribution < 1.29 is 64.3 Å². The smallest absolute Gasteiger partial charge is 0.344 e. The molecule has 0 aliphatic carbocycles. The SMILES string of the molecule is CC(C)(C)C(=O)OCn1cc(COCCOCCOCCOc2cc(OC(F)=C(F)F)cc(OC(F)=C(F)F)c2)nn1. The maximum Gasteiger partial charge on any atom is 0.344 e. The Kier molecular flexibility index (Phi) is 14.1. The molecular weight excluding hydrogens is 584 g/mol. The minimum Gasteiger partial charge on any atom is -0.491 e. The lowest BCUT2D eigenvalue weighted by molar-refractivity contribution is -0.157. The van der Waals surface area contributed by atoms with E-state index in [-0.39, 0.29) is 64.7 Å². The lowest BCUT2D eigenvalue weighted by Gasteiger charge is -2.15. The predicted octanol–water partition coefficient (Wildman–Crippen LogP) is 5.28. The molecule has 42 heavy (non-hydrogen) atoms. The first-order valence-electron chi connectivity index (χ1n) is 12.2. The maximum absolute atomic E-state index is 13.1. The Labute approximate surface area is 236 Å². The summed E-state index contributed by atoms with van der Waals surface area (Å²) in [5.41, 5.74) is -0.0901. The molecule has 0 amide bonds. The zero-order valence-electron chi connectivity index (χ0n) is 22.8. The minimum absolute atomic E-state index is 0.0165. The van der Waals surface area contributed by atoms with Gasteiger partial charge in [-0.25, -0.2) is 4.68 Å². The van der Waals surface area contributed by atoms with Crippen molar-refractivity contribution in [2.45, 2.75) is 34.1 Å². The normalized spacial score (nSPS) is 11.2. The highest BCUT2D eigenvalue weighted by atomic mass is 19.3. The third-order valence-electron chi connectivity index (χ3n) is 4.58. The Morgan fingerprint density at radius 2 is 1.26 bits per heavy atom. The molecule has 0 saturated heterocycles. The van der Waals surface area contributed by atoms with Crippen LogP contribution in [0.2, 0.25) is 0 Å². The number of halogens is 6. The van der Waals surface area contributed by atoms with Gasteiger partial charge >= 0.3 is 30.2 Å². The predicted molar refractivity (Wildman–Crippen MR) is 131 cm³/mol.